The Kier molecular flexibility index (Phi) is 8.38. The zero-order chi connectivity index (χ0) is 23.8. The predicted octanol–water partition coefficient (Wildman–Crippen LogP) is 4.04. The molecule has 9 nitrogen and oxygen atoms in total. The number of thiophene rings is 1. The Bertz CT molecular complexity index is 1140. The number of benzene rings is 1. The summed E-state index contributed by atoms with van der Waals surface area (Å²) in [5, 5.41) is 20.4. The largest absolute Gasteiger partial charge is 0.462 e. The molecule has 0 saturated carbocycles. The minimum absolute atomic E-state index is 0.0980. The Morgan fingerprint density at radius 1 is 1.19 bits per heavy atom. The monoisotopic (exact) mass is 456 g/mol. The molecule has 166 valence electrons. The van der Waals surface area contributed by atoms with Crippen molar-refractivity contribution in [3.63, 3.8) is 0 Å². The topological polar surface area (TPSA) is 137 Å². The molecular formula is C22H20N2O7S. The number of hydrogen-bond donors (Lipinski definition) is 0. The number of carbonyl (C=O) groups excluding carboxylic acids is 3. The molecule has 0 bridgehead atoms. The first-order chi connectivity index (χ1) is 15.2. The Morgan fingerprint density at radius 2 is 1.84 bits per heavy atom. The van der Waals surface area contributed by atoms with E-state index in [9.17, 15) is 29.8 Å². The van der Waals surface area contributed by atoms with Crippen molar-refractivity contribution >= 4 is 40.8 Å². The van der Waals surface area contributed by atoms with Crippen LogP contribution in [0, 0.1) is 28.4 Å². The number of ketones is 1. The molecule has 0 unspecified atom stereocenters. The third-order valence-corrected chi connectivity index (χ3v) is 5.57. The summed E-state index contributed by atoms with van der Waals surface area (Å²) >= 11 is 0.935. The highest BCUT2D eigenvalue weighted by atomic mass is 32.1. The van der Waals surface area contributed by atoms with Gasteiger partial charge in [0.2, 0.25) is 0 Å². The lowest BCUT2D eigenvalue weighted by Gasteiger charge is -2.05. The third kappa shape index (κ3) is 5.65. The van der Waals surface area contributed by atoms with Crippen LogP contribution in [0.1, 0.15) is 49.9 Å². The number of non-ortho nitro benzene ring substituents is 1. The van der Waals surface area contributed by atoms with E-state index in [2.05, 4.69) is 0 Å². The molecule has 0 atom stereocenters. The van der Waals surface area contributed by atoms with Crippen molar-refractivity contribution < 1.29 is 28.8 Å². The number of Topliss-reactive ketones (excluding diaryl/α,β-unsaturated/α-hetero) is 1. The molecule has 0 fully saturated rings. The molecule has 0 radical (unpaired) electrons. The lowest BCUT2D eigenvalue weighted by Crippen LogP contribution is -2.12. The number of nitrogens with zero attached hydrogens (tertiary/aromatic N) is 2. The average Bonchev–Trinajstić information content (AvgIpc) is 3.08. The third-order valence-electron chi connectivity index (χ3n) is 4.29. The number of nitro groups is 1. The minimum atomic E-state index is -0.680. The summed E-state index contributed by atoms with van der Waals surface area (Å²) in [6.45, 7) is 5.09. The molecule has 1 heterocycles. The van der Waals surface area contributed by atoms with Gasteiger partial charge >= 0.3 is 11.9 Å². The number of rotatable bonds is 9. The summed E-state index contributed by atoms with van der Waals surface area (Å²) in [5.74, 6) is -1.91. The van der Waals surface area contributed by atoms with Crippen LogP contribution in [0.3, 0.4) is 0 Å². The van der Waals surface area contributed by atoms with Crippen molar-refractivity contribution in [3.8, 4) is 6.07 Å². The fraction of sp³-hybridized carbons (Fsp3) is 0.273. The molecule has 0 aliphatic heterocycles. The number of carbonyl (C=O) groups is 3. The van der Waals surface area contributed by atoms with Gasteiger partial charge in [-0.25, -0.2) is 9.59 Å². The minimum Gasteiger partial charge on any atom is -0.462 e. The van der Waals surface area contributed by atoms with E-state index in [0.717, 1.165) is 11.3 Å². The van der Waals surface area contributed by atoms with E-state index >= 15 is 0 Å². The van der Waals surface area contributed by atoms with Gasteiger partial charge in [-0.1, -0.05) is 12.1 Å². The molecule has 1 aromatic heterocycles. The Balaban J connectivity index is 2.44. The molecule has 0 amide bonds. The van der Waals surface area contributed by atoms with Crippen molar-refractivity contribution in [3.05, 3.63) is 66.4 Å². The van der Waals surface area contributed by atoms with E-state index in [1.165, 1.54) is 30.3 Å². The van der Waals surface area contributed by atoms with Gasteiger partial charge in [0.15, 0.2) is 5.78 Å². The van der Waals surface area contributed by atoms with Crippen LogP contribution in [-0.4, -0.2) is 35.9 Å². The zero-order valence-electron chi connectivity index (χ0n) is 17.7. The van der Waals surface area contributed by atoms with E-state index < -0.39 is 22.6 Å². The molecule has 0 N–H and O–H groups in total. The molecule has 0 aliphatic rings. The fourth-order valence-corrected chi connectivity index (χ4v) is 4.06. The smallest absolute Gasteiger partial charge is 0.348 e. The number of ether oxygens (including phenoxy) is 2. The van der Waals surface area contributed by atoms with Gasteiger partial charge in [0, 0.05) is 23.4 Å². The van der Waals surface area contributed by atoms with Gasteiger partial charge < -0.3 is 9.47 Å². The highest BCUT2D eigenvalue weighted by Gasteiger charge is 2.28. The molecule has 0 spiro atoms. The van der Waals surface area contributed by atoms with Crippen molar-refractivity contribution in [1.29, 1.82) is 5.26 Å². The summed E-state index contributed by atoms with van der Waals surface area (Å²) in [7, 11) is 0. The average molecular weight is 456 g/mol. The summed E-state index contributed by atoms with van der Waals surface area (Å²) in [4.78, 5) is 48.4. The van der Waals surface area contributed by atoms with Crippen LogP contribution in [0.15, 0.2) is 29.8 Å². The first-order valence-corrected chi connectivity index (χ1v) is 10.4. The molecule has 1 aromatic carbocycles. The zero-order valence-corrected chi connectivity index (χ0v) is 18.5. The van der Waals surface area contributed by atoms with Gasteiger partial charge in [-0.2, -0.15) is 5.26 Å². The molecule has 2 aromatic rings. The highest BCUT2D eigenvalue weighted by molar-refractivity contribution is 7.14. The number of nitro benzene ring substituents is 1. The van der Waals surface area contributed by atoms with Crippen molar-refractivity contribution in [1.82, 2.24) is 0 Å². The van der Waals surface area contributed by atoms with E-state index in [-0.39, 0.29) is 46.2 Å². The maximum absolute atomic E-state index is 12.8. The number of nitriles is 1. The lowest BCUT2D eigenvalue weighted by atomic mass is 10.0. The second-order valence-corrected chi connectivity index (χ2v) is 7.52. The fourth-order valence-electron chi connectivity index (χ4n) is 2.87. The quantitative estimate of drug-likeness (QED) is 0.181. The first kappa shape index (κ1) is 24.4. The van der Waals surface area contributed by atoms with Gasteiger partial charge in [0.25, 0.3) is 5.69 Å². The van der Waals surface area contributed by atoms with Crippen LogP contribution < -0.4 is 0 Å². The molecule has 0 saturated heterocycles. The van der Waals surface area contributed by atoms with Crippen LogP contribution >= 0.6 is 11.3 Å². The summed E-state index contributed by atoms with van der Waals surface area (Å²) in [6, 6.07) is 7.29. The van der Waals surface area contributed by atoms with Gasteiger partial charge in [-0.15, -0.1) is 11.3 Å². The number of hydrogen-bond acceptors (Lipinski definition) is 9. The van der Waals surface area contributed by atoms with E-state index in [0.29, 0.717) is 11.1 Å². The summed E-state index contributed by atoms with van der Waals surface area (Å²) < 4.78 is 10.1. The van der Waals surface area contributed by atoms with Crippen LogP contribution in [0.2, 0.25) is 0 Å². The maximum atomic E-state index is 12.8. The second kappa shape index (κ2) is 11.0. The molecule has 0 aliphatic carbocycles. The second-order valence-electron chi connectivity index (χ2n) is 6.42. The van der Waals surface area contributed by atoms with Gasteiger partial charge in [0.05, 0.1) is 29.3 Å². The molecule has 32 heavy (non-hydrogen) atoms. The van der Waals surface area contributed by atoms with E-state index in [1.807, 2.05) is 0 Å². The van der Waals surface area contributed by atoms with Gasteiger partial charge in [-0.3, -0.25) is 14.9 Å². The van der Waals surface area contributed by atoms with E-state index in [4.69, 9.17) is 9.47 Å². The SMILES string of the molecule is CCOC(=O)c1sc(CC(=O)/C(C#N)=C/c2cccc([N+](=O)[O-])c2)c(C(=O)OCC)c1C. The van der Waals surface area contributed by atoms with Crippen LogP contribution in [-0.2, 0) is 20.7 Å². The maximum Gasteiger partial charge on any atom is 0.348 e. The van der Waals surface area contributed by atoms with Gasteiger partial charge in [0.1, 0.15) is 10.9 Å². The Labute approximate surface area is 188 Å². The van der Waals surface area contributed by atoms with Gasteiger partial charge in [-0.05, 0) is 38.0 Å². The van der Waals surface area contributed by atoms with Crippen LogP contribution in [0.4, 0.5) is 5.69 Å². The first-order valence-electron chi connectivity index (χ1n) is 9.59. The van der Waals surface area contributed by atoms with Crippen molar-refractivity contribution in [2.24, 2.45) is 0 Å². The van der Waals surface area contributed by atoms with Crippen molar-refractivity contribution in [2.75, 3.05) is 13.2 Å². The normalized spacial score (nSPS) is 10.9. The van der Waals surface area contributed by atoms with Crippen LogP contribution in [0.5, 0.6) is 0 Å². The van der Waals surface area contributed by atoms with Crippen LogP contribution in [0.25, 0.3) is 6.08 Å². The highest BCUT2D eigenvalue weighted by Crippen LogP contribution is 2.31. The predicted molar refractivity (Wildman–Crippen MR) is 116 cm³/mol. The molecule has 10 heteroatoms. The lowest BCUT2D eigenvalue weighted by molar-refractivity contribution is -0.384. The molecular weight excluding hydrogens is 436 g/mol. The molecule has 2 rings (SSSR count). The van der Waals surface area contributed by atoms with Crippen molar-refractivity contribution in [2.45, 2.75) is 27.2 Å². The summed E-state index contributed by atoms with van der Waals surface area (Å²) in [5.41, 5.74) is 0.325. The Hall–Kier alpha value is -3.84. The Morgan fingerprint density at radius 3 is 2.44 bits per heavy atom. The van der Waals surface area contributed by atoms with E-state index in [1.54, 1.807) is 26.8 Å². The number of allylic oxidation sites excluding steroid dienone is 1. The standard InChI is InChI=1S/C22H20N2O7S/c1-4-30-21(26)19-13(3)20(22(27)31-5-2)32-18(19)11-17(25)15(12-23)9-14-7-6-8-16(10-14)24(28)29/h6-10H,4-5,11H2,1-3H3/b15-9+. The summed E-state index contributed by atoms with van der Waals surface area (Å²) in [6.07, 6.45) is 0.916. The number of esters is 2.